The van der Waals surface area contributed by atoms with Crippen LogP contribution in [0.4, 0.5) is 0 Å². The number of nitrogens with two attached hydrogens (primary N) is 1. The number of esters is 1. The van der Waals surface area contributed by atoms with Crippen LogP contribution < -0.4 is 11.1 Å². The smallest absolute Gasteiger partial charge is 0.310 e. The molecule has 0 heterocycles. The summed E-state index contributed by atoms with van der Waals surface area (Å²) in [6, 6.07) is 0.136. The highest BCUT2D eigenvalue weighted by Gasteiger charge is 2.26. The topological polar surface area (TPSA) is 81.4 Å². The molecular formula is C13H25ClN2O3. The van der Waals surface area contributed by atoms with Gasteiger partial charge in [0.25, 0.3) is 0 Å². The second-order valence-corrected chi connectivity index (χ2v) is 5.02. The van der Waals surface area contributed by atoms with Crippen LogP contribution in [-0.4, -0.2) is 31.1 Å². The van der Waals surface area contributed by atoms with Crippen molar-refractivity contribution in [3.8, 4) is 0 Å². The van der Waals surface area contributed by atoms with Gasteiger partial charge in [-0.1, -0.05) is 13.3 Å². The molecule has 1 fully saturated rings. The Hall–Kier alpha value is -0.810. The Balaban J connectivity index is 0.00000324. The number of hydrogen-bond acceptors (Lipinski definition) is 4. The first-order valence-electron chi connectivity index (χ1n) is 6.74. The summed E-state index contributed by atoms with van der Waals surface area (Å²) in [7, 11) is 0. The average molecular weight is 293 g/mol. The van der Waals surface area contributed by atoms with Crippen molar-refractivity contribution in [3.05, 3.63) is 0 Å². The Bertz CT molecular complexity index is 300. The normalized spacial score (nSPS) is 23.9. The number of amides is 1. The molecule has 112 valence electrons. The predicted molar refractivity (Wildman–Crippen MR) is 76.0 cm³/mol. The molecule has 0 aromatic rings. The monoisotopic (exact) mass is 292 g/mol. The number of ether oxygens (including phenoxy) is 1. The van der Waals surface area contributed by atoms with Crippen LogP contribution in [0.1, 0.15) is 39.5 Å². The molecular weight excluding hydrogens is 268 g/mol. The third-order valence-electron chi connectivity index (χ3n) is 3.36. The minimum absolute atomic E-state index is 0. The molecule has 1 rings (SSSR count). The minimum Gasteiger partial charge on any atom is -0.466 e. The molecule has 1 amide bonds. The first-order chi connectivity index (χ1) is 8.54. The Labute approximate surface area is 121 Å². The highest BCUT2D eigenvalue weighted by Crippen LogP contribution is 2.23. The summed E-state index contributed by atoms with van der Waals surface area (Å²) in [4.78, 5) is 23.3. The number of carbonyl (C=O) groups is 2. The second-order valence-electron chi connectivity index (χ2n) is 5.02. The van der Waals surface area contributed by atoms with Crippen LogP contribution in [0.25, 0.3) is 0 Å². The summed E-state index contributed by atoms with van der Waals surface area (Å²) in [5.41, 5.74) is 5.85. The fourth-order valence-electron chi connectivity index (χ4n) is 2.23. The molecule has 0 aliphatic heterocycles. The largest absolute Gasteiger partial charge is 0.466 e. The maximum absolute atomic E-state index is 11.9. The molecule has 0 radical (unpaired) electrons. The van der Waals surface area contributed by atoms with Gasteiger partial charge in [-0.05, 0) is 26.2 Å². The average Bonchev–Trinajstić information content (AvgIpc) is 2.35. The molecule has 0 spiro atoms. The van der Waals surface area contributed by atoms with E-state index >= 15 is 0 Å². The van der Waals surface area contributed by atoms with E-state index in [1.807, 2.05) is 0 Å². The highest BCUT2D eigenvalue weighted by molar-refractivity contribution is 5.85. The lowest BCUT2D eigenvalue weighted by atomic mass is 9.85. The van der Waals surface area contributed by atoms with Crippen molar-refractivity contribution in [1.82, 2.24) is 5.32 Å². The number of halogens is 1. The lowest BCUT2D eigenvalue weighted by Gasteiger charge is -2.26. The van der Waals surface area contributed by atoms with E-state index in [1.165, 1.54) is 0 Å². The molecule has 1 saturated carbocycles. The maximum Gasteiger partial charge on any atom is 0.310 e. The summed E-state index contributed by atoms with van der Waals surface area (Å²) < 4.78 is 4.89. The van der Waals surface area contributed by atoms with E-state index in [1.54, 1.807) is 13.8 Å². The van der Waals surface area contributed by atoms with Crippen LogP contribution in [0.2, 0.25) is 0 Å². The standard InChI is InChI=1S/C13H24N2O3.ClH/c1-3-18-13(17)9(2)8-15-12(16)10-5-4-6-11(14)7-10;/h9-11H,3-8,14H2,1-2H3,(H,15,16);1H. The van der Waals surface area contributed by atoms with Gasteiger partial charge in [-0.3, -0.25) is 9.59 Å². The van der Waals surface area contributed by atoms with Crippen molar-refractivity contribution in [2.24, 2.45) is 17.6 Å². The second kappa shape index (κ2) is 9.15. The quantitative estimate of drug-likeness (QED) is 0.747. The molecule has 1 aliphatic rings. The predicted octanol–water partition coefficient (Wildman–Crippen LogP) is 1.24. The van der Waals surface area contributed by atoms with Crippen LogP contribution in [-0.2, 0) is 14.3 Å². The highest BCUT2D eigenvalue weighted by atomic mass is 35.5. The zero-order chi connectivity index (χ0) is 13.5. The van der Waals surface area contributed by atoms with Crippen LogP contribution in [0, 0.1) is 11.8 Å². The van der Waals surface area contributed by atoms with E-state index in [4.69, 9.17) is 10.5 Å². The molecule has 0 bridgehead atoms. The van der Waals surface area contributed by atoms with Gasteiger partial charge in [-0.2, -0.15) is 0 Å². The van der Waals surface area contributed by atoms with Gasteiger partial charge in [0, 0.05) is 18.5 Å². The molecule has 3 atom stereocenters. The fourth-order valence-corrected chi connectivity index (χ4v) is 2.23. The van der Waals surface area contributed by atoms with Gasteiger partial charge < -0.3 is 15.8 Å². The Morgan fingerprint density at radius 1 is 1.42 bits per heavy atom. The lowest BCUT2D eigenvalue weighted by Crippen LogP contribution is -2.40. The number of rotatable bonds is 5. The number of carbonyl (C=O) groups excluding carboxylic acids is 2. The SMILES string of the molecule is CCOC(=O)C(C)CNC(=O)C1CCCC(N)C1.Cl. The van der Waals surface area contributed by atoms with Crippen LogP contribution in [0.3, 0.4) is 0 Å². The number of hydrogen-bond donors (Lipinski definition) is 2. The van der Waals surface area contributed by atoms with Crippen molar-refractivity contribution >= 4 is 24.3 Å². The van der Waals surface area contributed by atoms with Crippen molar-refractivity contribution < 1.29 is 14.3 Å². The molecule has 0 aromatic heterocycles. The maximum atomic E-state index is 11.9. The van der Waals surface area contributed by atoms with E-state index in [2.05, 4.69) is 5.32 Å². The summed E-state index contributed by atoms with van der Waals surface area (Å²) in [5.74, 6) is -0.547. The molecule has 3 unspecified atom stereocenters. The van der Waals surface area contributed by atoms with E-state index in [-0.39, 0.29) is 42.2 Å². The third kappa shape index (κ3) is 6.25. The summed E-state index contributed by atoms with van der Waals surface area (Å²) in [5, 5.41) is 2.82. The summed E-state index contributed by atoms with van der Waals surface area (Å²) >= 11 is 0. The van der Waals surface area contributed by atoms with Gasteiger partial charge in [0.05, 0.1) is 12.5 Å². The molecule has 5 nitrogen and oxygen atoms in total. The lowest BCUT2D eigenvalue weighted by molar-refractivity contribution is -0.147. The van der Waals surface area contributed by atoms with Gasteiger partial charge in [0.1, 0.15) is 0 Å². The molecule has 19 heavy (non-hydrogen) atoms. The van der Waals surface area contributed by atoms with E-state index < -0.39 is 0 Å². The van der Waals surface area contributed by atoms with Gasteiger partial charge in [0.15, 0.2) is 0 Å². The zero-order valence-corrected chi connectivity index (χ0v) is 12.5. The summed E-state index contributed by atoms with van der Waals surface area (Å²) in [6.07, 6.45) is 3.66. The van der Waals surface area contributed by atoms with Crippen LogP contribution >= 0.6 is 12.4 Å². The molecule has 6 heteroatoms. The van der Waals surface area contributed by atoms with Crippen molar-refractivity contribution in [3.63, 3.8) is 0 Å². The Morgan fingerprint density at radius 2 is 2.11 bits per heavy atom. The molecule has 0 aromatic carbocycles. The van der Waals surface area contributed by atoms with Gasteiger partial charge in [-0.15, -0.1) is 12.4 Å². The Kier molecular flexibility index (Phi) is 8.76. The first-order valence-corrected chi connectivity index (χ1v) is 6.74. The Morgan fingerprint density at radius 3 is 2.68 bits per heavy atom. The fraction of sp³-hybridized carbons (Fsp3) is 0.846. The summed E-state index contributed by atoms with van der Waals surface area (Å²) in [6.45, 7) is 4.23. The first kappa shape index (κ1) is 18.2. The van der Waals surface area contributed by atoms with E-state index in [0.29, 0.717) is 13.2 Å². The van der Waals surface area contributed by atoms with E-state index in [9.17, 15) is 9.59 Å². The van der Waals surface area contributed by atoms with Crippen molar-refractivity contribution in [2.75, 3.05) is 13.2 Å². The third-order valence-corrected chi connectivity index (χ3v) is 3.36. The molecule has 3 N–H and O–H groups in total. The van der Waals surface area contributed by atoms with Gasteiger partial charge in [-0.25, -0.2) is 0 Å². The van der Waals surface area contributed by atoms with Crippen LogP contribution in [0.5, 0.6) is 0 Å². The minimum atomic E-state index is -0.300. The van der Waals surface area contributed by atoms with Crippen molar-refractivity contribution in [1.29, 1.82) is 0 Å². The zero-order valence-electron chi connectivity index (χ0n) is 11.7. The van der Waals surface area contributed by atoms with Gasteiger partial charge >= 0.3 is 5.97 Å². The number of nitrogens with one attached hydrogen (secondary N) is 1. The van der Waals surface area contributed by atoms with Crippen molar-refractivity contribution in [2.45, 2.75) is 45.6 Å². The van der Waals surface area contributed by atoms with Crippen LogP contribution in [0.15, 0.2) is 0 Å². The molecule has 1 aliphatic carbocycles. The van der Waals surface area contributed by atoms with E-state index in [0.717, 1.165) is 25.7 Å². The van der Waals surface area contributed by atoms with Gasteiger partial charge in [0.2, 0.25) is 5.91 Å². The molecule has 0 saturated heterocycles.